The Balaban J connectivity index is 1.23. The molecule has 12 nitrogen and oxygen atoms in total. The summed E-state index contributed by atoms with van der Waals surface area (Å²) in [7, 11) is 3.18. The number of hydrogen-bond donors (Lipinski definition) is 0. The Kier molecular flexibility index (Phi) is 6.50. The molecule has 1 unspecified atom stereocenters. The summed E-state index contributed by atoms with van der Waals surface area (Å²) in [6.07, 6.45) is 3.22. The van der Waals surface area contributed by atoms with Crippen LogP contribution in [0.5, 0.6) is 23.3 Å². The molecule has 0 N–H and O–H groups in total. The summed E-state index contributed by atoms with van der Waals surface area (Å²) in [5.74, 6) is 3.00. The van der Waals surface area contributed by atoms with Gasteiger partial charge < -0.3 is 23.5 Å². The van der Waals surface area contributed by atoms with Crippen LogP contribution in [0.4, 0.5) is 0 Å². The van der Waals surface area contributed by atoms with Crippen LogP contribution >= 0.6 is 0 Å². The molecule has 0 saturated carbocycles. The molecule has 43 heavy (non-hydrogen) atoms. The van der Waals surface area contributed by atoms with Crippen molar-refractivity contribution in [1.82, 2.24) is 29.4 Å². The van der Waals surface area contributed by atoms with Crippen molar-refractivity contribution in [2.45, 2.75) is 26.4 Å². The number of rotatable bonds is 8. The van der Waals surface area contributed by atoms with E-state index in [1.807, 2.05) is 74.5 Å². The topological polar surface area (TPSA) is 123 Å². The largest absolute Gasteiger partial charge is 0.493 e. The fraction of sp³-hybridized carbons (Fsp3) is 0.194. The number of aromatic nitrogens is 6. The van der Waals surface area contributed by atoms with E-state index in [4.69, 9.17) is 33.5 Å². The van der Waals surface area contributed by atoms with Gasteiger partial charge in [-0.05, 0) is 56.3 Å². The van der Waals surface area contributed by atoms with Gasteiger partial charge in [0.15, 0.2) is 29.6 Å². The van der Waals surface area contributed by atoms with Gasteiger partial charge in [0.2, 0.25) is 11.8 Å². The van der Waals surface area contributed by atoms with E-state index in [2.05, 4.69) is 15.2 Å². The predicted octanol–water partition coefficient (Wildman–Crippen LogP) is 5.46. The number of aryl methyl sites for hydroxylation is 1. The summed E-state index contributed by atoms with van der Waals surface area (Å²) >= 11 is 0. The number of hydrogen-bond acceptors (Lipinski definition) is 10. The lowest BCUT2D eigenvalue weighted by Crippen LogP contribution is -2.15. The molecule has 1 aliphatic rings. The van der Waals surface area contributed by atoms with E-state index in [1.54, 1.807) is 36.0 Å². The minimum absolute atomic E-state index is 0.0452. The third-order valence-corrected chi connectivity index (χ3v) is 7.29. The van der Waals surface area contributed by atoms with E-state index in [0.717, 1.165) is 28.1 Å². The van der Waals surface area contributed by atoms with Crippen molar-refractivity contribution in [3.63, 3.8) is 0 Å². The summed E-state index contributed by atoms with van der Waals surface area (Å²) in [5, 5.41) is 13.7. The maximum absolute atomic E-state index is 6.42. The molecule has 6 aromatic rings. The lowest BCUT2D eigenvalue weighted by molar-refractivity contribution is 0.125. The lowest BCUT2D eigenvalue weighted by atomic mass is 9.88. The SMILES string of the molecule is COc1ccc(/C(C)=N\OCc2nc3c4c(ncn3n2)Oc2c(c(C)nn2-c2ccccc2)C4c2ccco2)cc1OC. The molecule has 7 rings (SSSR count). The monoisotopic (exact) mass is 577 g/mol. The normalized spacial score (nSPS) is 14.2. The van der Waals surface area contributed by atoms with E-state index >= 15 is 0 Å². The van der Waals surface area contributed by atoms with Gasteiger partial charge in [-0.1, -0.05) is 23.4 Å². The van der Waals surface area contributed by atoms with Crippen LogP contribution in [0.2, 0.25) is 0 Å². The zero-order chi connectivity index (χ0) is 29.5. The summed E-state index contributed by atoms with van der Waals surface area (Å²) < 4.78 is 26.5. The Morgan fingerprint density at radius 1 is 0.977 bits per heavy atom. The van der Waals surface area contributed by atoms with Crippen molar-refractivity contribution in [1.29, 1.82) is 0 Å². The van der Waals surface area contributed by atoms with E-state index < -0.39 is 0 Å². The first kappa shape index (κ1) is 26.3. The van der Waals surface area contributed by atoms with E-state index in [0.29, 0.717) is 46.2 Å². The lowest BCUT2D eigenvalue weighted by Gasteiger charge is -2.24. The standard InChI is InChI=1S/C31H27N7O5/c1-18(20-12-13-22(39-3)24(15-20)40-4)36-42-16-25-33-29-28-27(23-11-8-14-41-23)26-19(2)34-38(21-9-6-5-7-10-21)31(26)43-30(28)32-17-37(29)35-25/h5-15,17,27H,16H2,1-4H3/b36-18-. The highest BCUT2D eigenvalue weighted by molar-refractivity contribution is 5.98. The summed E-state index contributed by atoms with van der Waals surface area (Å²) in [4.78, 5) is 15.1. The van der Waals surface area contributed by atoms with Crippen LogP contribution in [0.1, 0.15) is 46.8 Å². The molecule has 0 aliphatic carbocycles. The highest BCUT2D eigenvalue weighted by atomic mass is 16.6. The van der Waals surface area contributed by atoms with Gasteiger partial charge in [-0.15, -0.1) is 5.10 Å². The first-order valence-corrected chi connectivity index (χ1v) is 13.5. The smallest absolute Gasteiger partial charge is 0.230 e. The third-order valence-electron chi connectivity index (χ3n) is 7.29. The number of ether oxygens (including phenoxy) is 3. The van der Waals surface area contributed by atoms with Gasteiger partial charge in [0.1, 0.15) is 12.1 Å². The van der Waals surface area contributed by atoms with Crippen LogP contribution in [-0.2, 0) is 11.4 Å². The molecular formula is C31H27N7O5. The zero-order valence-electron chi connectivity index (χ0n) is 23.9. The van der Waals surface area contributed by atoms with Gasteiger partial charge in [-0.3, -0.25) is 0 Å². The number of nitrogens with zero attached hydrogens (tertiary/aromatic N) is 7. The molecule has 0 radical (unpaired) electrons. The molecule has 0 amide bonds. The molecule has 4 aromatic heterocycles. The van der Waals surface area contributed by atoms with Crippen LogP contribution in [0.25, 0.3) is 11.3 Å². The molecule has 12 heteroatoms. The first-order valence-electron chi connectivity index (χ1n) is 13.5. The molecule has 1 aliphatic heterocycles. The van der Waals surface area contributed by atoms with E-state index in [1.165, 1.54) is 0 Å². The van der Waals surface area contributed by atoms with Gasteiger partial charge >= 0.3 is 0 Å². The highest BCUT2D eigenvalue weighted by Gasteiger charge is 2.39. The number of fused-ring (bicyclic) bond motifs is 4. The molecule has 216 valence electrons. The molecule has 0 spiro atoms. The number of oxime groups is 1. The average Bonchev–Trinajstić information content (AvgIpc) is 3.79. The predicted molar refractivity (Wildman–Crippen MR) is 155 cm³/mol. The second-order valence-electron chi connectivity index (χ2n) is 9.88. The van der Waals surface area contributed by atoms with Crippen LogP contribution in [-0.4, -0.2) is 49.3 Å². The molecule has 5 heterocycles. The summed E-state index contributed by atoms with van der Waals surface area (Å²) in [6.45, 7) is 3.85. The average molecular weight is 578 g/mol. The molecule has 1 atom stereocenters. The molecule has 0 fully saturated rings. The van der Waals surface area contributed by atoms with Crippen LogP contribution in [0.3, 0.4) is 0 Å². The molecule has 2 aromatic carbocycles. The van der Waals surface area contributed by atoms with Crippen molar-refractivity contribution in [3.05, 3.63) is 107 Å². The van der Waals surface area contributed by atoms with Crippen LogP contribution < -0.4 is 14.2 Å². The van der Waals surface area contributed by atoms with Crippen molar-refractivity contribution in [2.75, 3.05) is 14.2 Å². The van der Waals surface area contributed by atoms with Crippen LogP contribution in [0, 0.1) is 6.92 Å². The minimum Gasteiger partial charge on any atom is -0.493 e. The minimum atomic E-state index is -0.370. The van der Waals surface area contributed by atoms with Crippen LogP contribution in [0.15, 0.2) is 82.8 Å². The van der Waals surface area contributed by atoms with E-state index in [-0.39, 0.29) is 12.5 Å². The zero-order valence-corrected chi connectivity index (χ0v) is 23.9. The van der Waals surface area contributed by atoms with Crippen molar-refractivity contribution < 1.29 is 23.5 Å². The van der Waals surface area contributed by atoms with Gasteiger partial charge in [-0.2, -0.15) is 5.10 Å². The van der Waals surface area contributed by atoms with Gasteiger partial charge in [-0.25, -0.2) is 19.2 Å². The number of benzene rings is 2. The van der Waals surface area contributed by atoms with Crippen molar-refractivity contribution >= 4 is 11.4 Å². The van der Waals surface area contributed by atoms with Gasteiger partial charge in [0.25, 0.3) is 0 Å². The number of para-hydroxylation sites is 1. The molecule has 0 saturated heterocycles. The number of furan rings is 1. The number of methoxy groups -OCH3 is 2. The van der Waals surface area contributed by atoms with Gasteiger partial charge in [0, 0.05) is 5.56 Å². The maximum Gasteiger partial charge on any atom is 0.230 e. The Morgan fingerprint density at radius 2 is 1.81 bits per heavy atom. The molecular weight excluding hydrogens is 550 g/mol. The summed E-state index contributed by atoms with van der Waals surface area (Å²) in [5.41, 5.74) is 5.34. The third kappa shape index (κ3) is 4.53. The Morgan fingerprint density at radius 3 is 2.58 bits per heavy atom. The molecule has 0 bridgehead atoms. The first-order chi connectivity index (χ1) is 21.1. The summed E-state index contributed by atoms with van der Waals surface area (Å²) in [6, 6.07) is 19.2. The second kappa shape index (κ2) is 10.6. The maximum atomic E-state index is 6.42. The van der Waals surface area contributed by atoms with Crippen molar-refractivity contribution in [3.8, 4) is 28.9 Å². The Labute approximate surface area is 246 Å². The Hall–Kier alpha value is -5.65. The fourth-order valence-electron chi connectivity index (χ4n) is 5.27. The second-order valence-corrected chi connectivity index (χ2v) is 9.88. The van der Waals surface area contributed by atoms with E-state index in [9.17, 15) is 0 Å². The fourth-order valence-corrected chi connectivity index (χ4v) is 5.27. The quantitative estimate of drug-likeness (QED) is 0.171. The van der Waals surface area contributed by atoms with Gasteiger partial charge in [0.05, 0.1) is 54.6 Å². The Bertz CT molecular complexity index is 1960. The van der Waals surface area contributed by atoms with Crippen molar-refractivity contribution in [2.24, 2.45) is 5.16 Å². The highest BCUT2D eigenvalue weighted by Crippen LogP contribution is 2.49.